The van der Waals surface area contributed by atoms with Crippen LogP contribution in [-0.2, 0) is 6.54 Å². The predicted octanol–water partition coefficient (Wildman–Crippen LogP) is 4.48. The Balaban J connectivity index is 1.34. The summed E-state index contributed by atoms with van der Waals surface area (Å²) in [4.78, 5) is 18.9. The lowest BCUT2D eigenvalue weighted by Crippen LogP contribution is -2.49. The Bertz CT molecular complexity index is 1140. The number of methoxy groups -OCH3 is 2. The smallest absolute Gasteiger partial charge is 0.317 e. The summed E-state index contributed by atoms with van der Waals surface area (Å²) in [6.07, 6.45) is 4.81. The van der Waals surface area contributed by atoms with E-state index < -0.39 is 0 Å². The van der Waals surface area contributed by atoms with Gasteiger partial charge in [0.25, 0.3) is 0 Å². The van der Waals surface area contributed by atoms with Gasteiger partial charge in [-0.1, -0.05) is 12.1 Å². The fourth-order valence-electron chi connectivity index (χ4n) is 4.69. The molecule has 1 N–H and O–H groups in total. The van der Waals surface area contributed by atoms with Gasteiger partial charge >= 0.3 is 6.03 Å². The molecule has 2 amide bonds. The summed E-state index contributed by atoms with van der Waals surface area (Å²) in [6.45, 7) is 1.39. The van der Waals surface area contributed by atoms with E-state index in [1.807, 2.05) is 30.3 Å². The molecule has 1 unspecified atom stereocenters. The van der Waals surface area contributed by atoms with Crippen LogP contribution in [-0.4, -0.2) is 49.3 Å². The lowest BCUT2D eigenvalue weighted by atomic mass is 9.96. The summed E-state index contributed by atoms with van der Waals surface area (Å²) in [7, 11) is 3.26. The molecule has 1 aliphatic heterocycles. The normalized spacial score (nSPS) is 19.0. The Morgan fingerprint density at radius 1 is 1.09 bits per heavy atom. The highest BCUT2D eigenvalue weighted by Crippen LogP contribution is 2.35. The Morgan fingerprint density at radius 2 is 1.91 bits per heavy atom. The zero-order chi connectivity index (χ0) is 22.8. The molecule has 1 aliphatic carbocycles. The number of rotatable bonds is 7. The molecule has 5 rings (SSSR count). The Labute approximate surface area is 192 Å². The van der Waals surface area contributed by atoms with Gasteiger partial charge in [0.05, 0.1) is 26.9 Å². The van der Waals surface area contributed by atoms with Crippen LogP contribution in [0.5, 0.6) is 17.2 Å². The molecular formula is C25H29N3O5. The van der Waals surface area contributed by atoms with E-state index in [2.05, 4.69) is 16.4 Å². The van der Waals surface area contributed by atoms with Gasteiger partial charge in [-0.2, -0.15) is 0 Å². The number of aromatic nitrogens is 1. The number of carbonyl (C=O) groups is 1. The zero-order valence-electron chi connectivity index (χ0n) is 19.0. The first-order valence-electron chi connectivity index (χ1n) is 11.4. The number of fused-ring (bicyclic) bond motifs is 1. The van der Waals surface area contributed by atoms with Crippen molar-refractivity contribution in [3.05, 3.63) is 47.9 Å². The first kappa shape index (κ1) is 21.4. The lowest BCUT2D eigenvalue weighted by Gasteiger charge is -2.33. The average Bonchev–Trinajstić information content (AvgIpc) is 3.49. The first-order valence-corrected chi connectivity index (χ1v) is 11.4. The van der Waals surface area contributed by atoms with Gasteiger partial charge in [-0.15, -0.1) is 0 Å². The summed E-state index contributed by atoms with van der Waals surface area (Å²) < 4.78 is 23.0. The van der Waals surface area contributed by atoms with Crippen molar-refractivity contribution < 1.29 is 23.4 Å². The summed E-state index contributed by atoms with van der Waals surface area (Å²) in [5, 5.41) is 3.00. The van der Waals surface area contributed by atoms with Crippen LogP contribution < -0.4 is 19.5 Å². The van der Waals surface area contributed by atoms with Crippen LogP contribution in [0.15, 0.2) is 40.8 Å². The van der Waals surface area contributed by atoms with Gasteiger partial charge in [-0.3, -0.25) is 0 Å². The number of hydrogen-bond donors (Lipinski definition) is 1. The molecule has 0 spiro atoms. The Morgan fingerprint density at radius 3 is 2.70 bits per heavy atom. The minimum absolute atomic E-state index is 0.110. The summed E-state index contributed by atoms with van der Waals surface area (Å²) in [5.74, 6) is 2.75. The van der Waals surface area contributed by atoms with Gasteiger partial charge in [0.15, 0.2) is 22.6 Å². The molecule has 1 aromatic heterocycles. The van der Waals surface area contributed by atoms with Crippen LogP contribution >= 0.6 is 0 Å². The largest absolute Gasteiger partial charge is 0.494 e. The van der Waals surface area contributed by atoms with Crippen molar-refractivity contribution in [3.8, 4) is 17.2 Å². The van der Waals surface area contributed by atoms with Gasteiger partial charge in [-0.05, 0) is 55.5 Å². The molecule has 0 bridgehead atoms. The van der Waals surface area contributed by atoms with E-state index in [1.54, 1.807) is 19.1 Å². The maximum atomic E-state index is 12.6. The van der Waals surface area contributed by atoms with Gasteiger partial charge in [0, 0.05) is 19.0 Å². The van der Waals surface area contributed by atoms with Crippen molar-refractivity contribution in [2.75, 3.05) is 27.3 Å². The molecule has 2 aliphatic rings. The number of hydrogen-bond acceptors (Lipinski definition) is 6. The SMILES string of the molecule is COc1ccc(C2CNC(=O)N(Cc3nc4c(OC)cccc4o3)C2)cc1OC1CCCC1. The molecule has 1 saturated carbocycles. The highest BCUT2D eigenvalue weighted by molar-refractivity contribution is 5.80. The van der Waals surface area contributed by atoms with Crippen LogP contribution in [0.4, 0.5) is 4.79 Å². The van der Waals surface area contributed by atoms with Gasteiger partial charge < -0.3 is 28.8 Å². The maximum Gasteiger partial charge on any atom is 0.317 e. The van der Waals surface area contributed by atoms with E-state index >= 15 is 0 Å². The van der Waals surface area contributed by atoms with Crippen molar-refractivity contribution in [3.63, 3.8) is 0 Å². The van der Waals surface area contributed by atoms with Crippen LogP contribution in [0.25, 0.3) is 11.1 Å². The monoisotopic (exact) mass is 451 g/mol. The predicted molar refractivity (Wildman–Crippen MR) is 123 cm³/mol. The third-order valence-corrected chi connectivity index (χ3v) is 6.45. The summed E-state index contributed by atoms with van der Waals surface area (Å²) >= 11 is 0. The molecule has 2 aromatic carbocycles. The van der Waals surface area contributed by atoms with E-state index in [4.69, 9.17) is 18.6 Å². The average molecular weight is 452 g/mol. The quantitative estimate of drug-likeness (QED) is 0.570. The molecule has 174 valence electrons. The van der Waals surface area contributed by atoms with Crippen molar-refractivity contribution in [2.24, 2.45) is 0 Å². The Hall–Kier alpha value is -3.42. The van der Waals surface area contributed by atoms with Crippen LogP contribution in [0, 0.1) is 0 Å². The van der Waals surface area contributed by atoms with Crippen LogP contribution in [0.1, 0.15) is 43.1 Å². The third-order valence-electron chi connectivity index (χ3n) is 6.45. The molecule has 1 atom stereocenters. The zero-order valence-corrected chi connectivity index (χ0v) is 19.0. The fraction of sp³-hybridized carbons (Fsp3) is 0.440. The number of nitrogens with one attached hydrogen (secondary N) is 1. The number of carbonyl (C=O) groups excluding carboxylic acids is 1. The second-order valence-corrected chi connectivity index (χ2v) is 8.61. The second kappa shape index (κ2) is 9.21. The number of nitrogens with zero attached hydrogens (tertiary/aromatic N) is 2. The number of amides is 2. The van der Waals surface area contributed by atoms with Crippen molar-refractivity contribution >= 4 is 17.1 Å². The third kappa shape index (κ3) is 4.42. The lowest BCUT2D eigenvalue weighted by molar-refractivity contribution is 0.170. The molecule has 3 aromatic rings. The van der Waals surface area contributed by atoms with E-state index in [-0.39, 0.29) is 24.6 Å². The molecule has 2 heterocycles. The van der Waals surface area contributed by atoms with Crippen molar-refractivity contribution in [1.29, 1.82) is 0 Å². The fourth-order valence-corrected chi connectivity index (χ4v) is 4.69. The van der Waals surface area contributed by atoms with Crippen molar-refractivity contribution in [1.82, 2.24) is 15.2 Å². The number of oxazole rings is 1. The van der Waals surface area contributed by atoms with E-state index in [0.29, 0.717) is 35.8 Å². The highest BCUT2D eigenvalue weighted by atomic mass is 16.5. The second-order valence-electron chi connectivity index (χ2n) is 8.61. The van der Waals surface area contributed by atoms with Gasteiger partial charge in [0.1, 0.15) is 5.75 Å². The topological polar surface area (TPSA) is 86.1 Å². The van der Waals surface area contributed by atoms with Gasteiger partial charge in [0.2, 0.25) is 5.89 Å². The molecule has 2 fully saturated rings. The minimum Gasteiger partial charge on any atom is -0.494 e. The van der Waals surface area contributed by atoms with Crippen molar-refractivity contribution in [2.45, 2.75) is 44.2 Å². The van der Waals surface area contributed by atoms with E-state index in [9.17, 15) is 4.79 Å². The highest BCUT2D eigenvalue weighted by Gasteiger charge is 2.29. The van der Waals surface area contributed by atoms with Crippen LogP contribution in [0.2, 0.25) is 0 Å². The first-order chi connectivity index (χ1) is 16.1. The van der Waals surface area contributed by atoms with E-state index in [1.165, 1.54) is 12.8 Å². The molecule has 8 heteroatoms. The standard InChI is InChI=1S/C25H29N3O5/c1-30-19-11-10-16(12-22(19)32-18-6-3-4-7-18)17-13-26-25(29)28(14-17)15-23-27-24-20(31-2)8-5-9-21(24)33-23/h5,8-12,17-18H,3-4,6-7,13-15H2,1-2H3,(H,26,29). The maximum absolute atomic E-state index is 12.6. The minimum atomic E-state index is -0.128. The number of urea groups is 1. The molecule has 33 heavy (non-hydrogen) atoms. The van der Waals surface area contributed by atoms with Crippen LogP contribution in [0.3, 0.4) is 0 Å². The van der Waals surface area contributed by atoms with E-state index in [0.717, 1.165) is 29.9 Å². The number of ether oxygens (including phenoxy) is 3. The summed E-state index contributed by atoms with van der Waals surface area (Å²) in [5.41, 5.74) is 2.41. The Kier molecular flexibility index (Phi) is 5.98. The number of benzene rings is 2. The molecular weight excluding hydrogens is 422 g/mol. The number of para-hydroxylation sites is 1. The molecule has 1 saturated heterocycles. The molecule has 0 radical (unpaired) electrons. The summed E-state index contributed by atoms with van der Waals surface area (Å²) in [6, 6.07) is 11.5. The van der Waals surface area contributed by atoms with Gasteiger partial charge in [-0.25, -0.2) is 9.78 Å². The molecule has 8 nitrogen and oxygen atoms in total.